The molecule has 92 valence electrons. The van der Waals surface area contributed by atoms with Gasteiger partial charge < -0.3 is 5.11 Å². The molecule has 0 radical (unpaired) electrons. The van der Waals surface area contributed by atoms with Gasteiger partial charge in [-0.2, -0.15) is 5.26 Å². The van der Waals surface area contributed by atoms with Crippen LogP contribution < -0.4 is 4.72 Å². The van der Waals surface area contributed by atoms with Gasteiger partial charge in [-0.25, -0.2) is 13.1 Å². The van der Waals surface area contributed by atoms with Gasteiger partial charge in [0, 0.05) is 6.04 Å². The lowest BCUT2D eigenvalue weighted by atomic mass is 9.94. The van der Waals surface area contributed by atoms with Crippen molar-refractivity contribution in [1.29, 1.82) is 5.26 Å². The number of aliphatic hydroxyl groups is 1. The number of hydrogen-bond donors (Lipinski definition) is 2. The lowest BCUT2D eigenvalue weighted by Crippen LogP contribution is -2.42. The van der Waals surface area contributed by atoms with Crippen molar-refractivity contribution in [3.05, 3.63) is 0 Å². The molecule has 0 spiro atoms. The first-order valence-electron chi connectivity index (χ1n) is 5.58. The third-order valence-electron chi connectivity index (χ3n) is 2.92. The Bertz CT molecular complexity index is 353. The lowest BCUT2D eigenvalue weighted by molar-refractivity contribution is 0.120. The average molecular weight is 246 g/mol. The highest BCUT2D eigenvalue weighted by Gasteiger charge is 2.28. The zero-order valence-electron chi connectivity index (χ0n) is 9.39. The molecule has 6 heteroatoms. The Morgan fingerprint density at radius 3 is 2.44 bits per heavy atom. The van der Waals surface area contributed by atoms with Crippen LogP contribution in [0.5, 0.6) is 0 Å². The van der Waals surface area contributed by atoms with Crippen LogP contribution in [0.2, 0.25) is 0 Å². The van der Waals surface area contributed by atoms with Crippen molar-refractivity contribution in [2.45, 2.75) is 56.4 Å². The molecule has 5 nitrogen and oxygen atoms in total. The Labute approximate surface area is 96.5 Å². The quantitative estimate of drug-likeness (QED) is 0.756. The Morgan fingerprint density at radius 2 is 2.00 bits per heavy atom. The van der Waals surface area contributed by atoms with Gasteiger partial charge >= 0.3 is 0 Å². The summed E-state index contributed by atoms with van der Waals surface area (Å²) in [6, 6.07) is 1.66. The van der Waals surface area contributed by atoms with Gasteiger partial charge in [-0.05, 0) is 32.1 Å². The summed E-state index contributed by atoms with van der Waals surface area (Å²) in [5, 5.41) is 17.0. The Hall–Kier alpha value is -0.640. The van der Waals surface area contributed by atoms with Crippen molar-refractivity contribution in [2.24, 2.45) is 0 Å². The van der Waals surface area contributed by atoms with Gasteiger partial charge in [-0.3, -0.25) is 0 Å². The van der Waals surface area contributed by atoms with Gasteiger partial charge in [-0.1, -0.05) is 6.92 Å². The summed E-state index contributed by atoms with van der Waals surface area (Å²) in [5.74, 6) is 0. The molecular weight excluding hydrogens is 228 g/mol. The second-order valence-corrected chi connectivity index (χ2v) is 6.09. The smallest absolute Gasteiger partial charge is 0.228 e. The molecule has 0 aliphatic heterocycles. The third kappa shape index (κ3) is 3.44. The highest BCUT2D eigenvalue weighted by Crippen LogP contribution is 2.19. The first kappa shape index (κ1) is 13.4. The third-order valence-corrected chi connectivity index (χ3v) is 4.77. The molecule has 0 saturated heterocycles. The van der Waals surface area contributed by atoms with Crippen molar-refractivity contribution >= 4 is 10.0 Å². The molecule has 1 saturated carbocycles. The van der Waals surface area contributed by atoms with Crippen molar-refractivity contribution < 1.29 is 13.5 Å². The van der Waals surface area contributed by atoms with E-state index in [1.165, 1.54) is 0 Å². The van der Waals surface area contributed by atoms with Crippen LogP contribution in [-0.2, 0) is 10.0 Å². The number of nitrogens with one attached hydrogen (secondary N) is 1. The summed E-state index contributed by atoms with van der Waals surface area (Å²) in [7, 11) is -3.53. The molecular formula is C10H18N2O3S. The van der Waals surface area contributed by atoms with Gasteiger partial charge in [-0.15, -0.1) is 0 Å². The number of sulfonamides is 1. The molecule has 1 rings (SSSR count). The Kier molecular flexibility index (Phi) is 4.71. The van der Waals surface area contributed by atoms with E-state index in [-0.39, 0.29) is 12.1 Å². The standard InChI is InChI=1S/C10H18N2O3S/c1-2-10(7-11)16(14,15)12-8-3-5-9(13)6-4-8/h8-10,12-13H,2-6H2,1H3. The largest absolute Gasteiger partial charge is 0.393 e. The van der Waals surface area contributed by atoms with E-state index in [1.807, 2.05) is 0 Å². The van der Waals surface area contributed by atoms with Gasteiger partial charge in [0.25, 0.3) is 0 Å². The molecule has 1 atom stereocenters. The number of aliphatic hydroxyl groups excluding tert-OH is 1. The fourth-order valence-corrected chi connectivity index (χ4v) is 3.33. The normalized spacial score (nSPS) is 28.3. The molecule has 0 aromatic carbocycles. The second kappa shape index (κ2) is 5.62. The van der Waals surface area contributed by atoms with Crippen LogP contribution in [0.15, 0.2) is 0 Å². The first-order chi connectivity index (χ1) is 7.49. The molecule has 1 unspecified atom stereocenters. The average Bonchev–Trinajstić information content (AvgIpc) is 2.22. The molecule has 1 aliphatic rings. The van der Waals surface area contributed by atoms with Crippen LogP contribution in [0.3, 0.4) is 0 Å². The summed E-state index contributed by atoms with van der Waals surface area (Å²) >= 11 is 0. The zero-order chi connectivity index (χ0) is 12.2. The first-order valence-corrected chi connectivity index (χ1v) is 7.13. The van der Waals surface area contributed by atoms with Gasteiger partial charge in [0.1, 0.15) is 0 Å². The highest BCUT2D eigenvalue weighted by atomic mass is 32.2. The van der Waals surface area contributed by atoms with Crippen LogP contribution >= 0.6 is 0 Å². The summed E-state index contributed by atoms with van der Waals surface area (Å²) in [5.41, 5.74) is 0. The maximum atomic E-state index is 11.7. The van der Waals surface area contributed by atoms with Gasteiger partial charge in [0.05, 0.1) is 12.2 Å². The molecule has 0 aromatic rings. The maximum Gasteiger partial charge on any atom is 0.228 e. The molecule has 2 N–H and O–H groups in total. The Morgan fingerprint density at radius 1 is 1.44 bits per heavy atom. The van der Waals surface area contributed by atoms with E-state index in [1.54, 1.807) is 13.0 Å². The van der Waals surface area contributed by atoms with Crippen molar-refractivity contribution in [2.75, 3.05) is 0 Å². The summed E-state index contributed by atoms with van der Waals surface area (Å²) in [6.45, 7) is 1.68. The lowest BCUT2D eigenvalue weighted by Gasteiger charge is -2.26. The minimum atomic E-state index is -3.53. The molecule has 0 heterocycles. The number of hydrogen-bond acceptors (Lipinski definition) is 4. The highest BCUT2D eigenvalue weighted by molar-refractivity contribution is 7.90. The summed E-state index contributed by atoms with van der Waals surface area (Å²) < 4.78 is 26.0. The summed E-state index contributed by atoms with van der Waals surface area (Å²) in [6.07, 6.45) is 2.51. The van der Waals surface area contributed by atoms with Crippen LogP contribution in [0.4, 0.5) is 0 Å². The van der Waals surface area contributed by atoms with E-state index in [0.29, 0.717) is 32.1 Å². The molecule has 0 bridgehead atoms. The predicted molar refractivity (Wildman–Crippen MR) is 60.0 cm³/mol. The second-order valence-electron chi connectivity index (χ2n) is 4.19. The van der Waals surface area contributed by atoms with E-state index in [9.17, 15) is 13.5 Å². The SMILES string of the molecule is CCC(C#N)S(=O)(=O)NC1CCC(O)CC1. The van der Waals surface area contributed by atoms with Crippen LogP contribution in [-0.4, -0.2) is 30.9 Å². The van der Waals surface area contributed by atoms with E-state index in [4.69, 9.17) is 5.26 Å². The van der Waals surface area contributed by atoms with E-state index in [2.05, 4.69) is 4.72 Å². The van der Waals surface area contributed by atoms with E-state index in [0.717, 1.165) is 0 Å². The van der Waals surface area contributed by atoms with E-state index >= 15 is 0 Å². The van der Waals surface area contributed by atoms with Crippen molar-refractivity contribution in [3.8, 4) is 6.07 Å². The minimum absolute atomic E-state index is 0.129. The Balaban J connectivity index is 2.57. The molecule has 0 aromatic heterocycles. The number of rotatable bonds is 4. The van der Waals surface area contributed by atoms with Crippen molar-refractivity contribution in [1.82, 2.24) is 4.72 Å². The summed E-state index contributed by atoms with van der Waals surface area (Å²) in [4.78, 5) is 0. The molecule has 1 aliphatic carbocycles. The van der Waals surface area contributed by atoms with Crippen LogP contribution in [0.25, 0.3) is 0 Å². The fourth-order valence-electron chi connectivity index (χ4n) is 1.89. The topological polar surface area (TPSA) is 90.2 Å². The van der Waals surface area contributed by atoms with Crippen LogP contribution in [0, 0.1) is 11.3 Å². The number of nitrogens with zero attached hydrogens (tertiary/aromatic N) is 1. The van der Waals surface area contributed by atoms with Crippen molar-refractivity contribution in [3.63, 3.8) is 0 Å². The minimum Gasteiger partial charge on any atom is -0.393 e. The monoisotopic (exact) mass is 246 g/mol. The molecule has 0 amide bonds. The maximum absolute atomic E-state index is 11.7. The fraction of sp³-hybridized carbons (Fsp3) is 0.900. The van der Waals surface area contributed by atoms with E-state index < -0.39 is 15.3 Å². The van der Waals surface area contributed by atoms with Crippen LogP contribution in [0.1, 0.15) is 39.0 Å². The number of nitriles is 1. The molecule has 16 heavy (non-hydrogen) atoms. The zero-order valence-corrected chi connectivity index (χ0v) is 10.2. The predicted octanol–water partition coefficient (Wildman–Crippen LogP) is 0.511. The molecule has 1 fully saturated rings. The van der Waals surface area contributed by atoms with Gasteiger partial charge in [0.15, 0.2) is 5.25 Å². The van der Waals surface area contributed by atoms with Gasteiger partial charge in [0.2, 0.25) is 10.0 Å².